The highest BCUT2D eigenvalue weighted by atomic mass is 32.2. The molecule has 0 spiro atoms. The van der Waals surface area contributed by atoms with Crippen LogP contribution in [0.15, 0.2) is 53.1 Å². The molecule has 1 N–H and O–H groups in total. The standard InChI is InChI=1S/C26H25FN4O2S/c1-16-13-18(15-31-9-11-34-12-10-31)3-8-22(16)28-25(32)21-14-23(19-4-6-20(27)7-5-19)29-26-24(21)17(2)30-33-26/h3-8,13-14H,9-12,15H2,1-2H3,(H,28,32). The number of carbonyl (C=O) groups is 1. The molecule has 0 bridgehead atoms. The molecule has 1 fully saturated rings. The molecule has 6 nitrogen and oxygen atoms in total. The van der Waals surface area contributed by atoms with Crippen LogP contribution < -0.4 is 5.32 Å². The number of anilines is 1. The van der Waals surface area contributed by atoms with E-state index in [0.29, 0.717) is 27.9 Å². The lowest BCUT2D eigenvalue weighted by atomic mass is 10.0. The number of hydrogen-bond acceptors (Lipinski definition) is 6. The van der Waals surface area contributed by atoms with E-state index >= 15 is 0 Å². The van der Waals surface area contributed by atoms with Crippen molar-refractivity contribution in [1.82, 2.24) is 15.0 Å². The quantitative estimate of drug-likeness (QED) is 0.413. The van der Waals surface area contributed by atoms with E-state index in [2.05, 4.69) is 32.5 Å². The maximum absolute atomic E-state index is 13.4. The van der Waals surface area contributed by atoms with Crippen LogP contribution >= 0.6 is 11.8 Å². The molecule has 34 heavy (non-hydrogen) atoms. The Bertz CT molecular complexity index is 1350. The highest BCUT2D eigenvalue weighted by molar-refractivity contribution is 7.99. The first-order valence-corrected chi connectivity index (χ1v) is 12.4. The SMILES string of the molecule is Cc1cc(CN2CCSCC2)ccc1NC(=O)c1cc(-c2ccc(F)cc2)nc2onc(C)c12. The van der Waals surface area contributed by atoms with Crippen molar-refractivity contribution in [2.45, 2.75) is 20.4 Å². The van der Waals surface area contributed by atoms with Crippen LogP contribution in [0.4, 0.5) is 10.1 Å². The van der Waals surface area contributed by atoms with Crippen molar-refractivity contribution in [3.05, 3.63) is 76.7 Å². The molecule has 5 rings (SSSR count). The molecule has 4 aromatic rings. The summed E-state index contributed by atoms with van der Waals surface area (Å²) < 4.78 is 18.8. The number of thioether (sulfide) groups is 1. The second-order valence-corrected chi connectivity index (χ2v) is 9.73. The molecule has 1 saturated heterocycles. The fraction of sp³-hybridized carbons (Fsp3) is 0.269. The topological polar surface area (TPSA) is 71.3 Å². The zero-order valence-electron chi connectivity index (χ0n) is 19.1. The van der Waals surface area contributed by atoms with Gasteiger partial charge in [0.1, 0.15) is 5.82 Å². The van der Waals surface area contributed by atoms with Gasteiger partial charge >= 0.3 is 0 Å². The summed E-state index contributed by atoms with van der Waals surface area (Å²) in [6, 6.07) is 13.8. The first kappa shape index (κ1) is 22.6. The number of halogens is 1. The van der Waals surface area contributed by atoms with Gasteiger partial charge in [-0.05, 0) is 61.4 Å². The van der Waals surface area contributed by atoms with Crippen molar-refractivity contribution in [3.8, 4) is 11.3 Å². The summed E-state index contributed by atoms with van der Waals surface area (Å²) in [7, 11) is 0. The first-order chi connectivity index (χ1) is 16.5. The number of fused-ring (bicyclic) bond motifs is 1. The zero-order chi connectivity index (χ0) is 23.7. The molecule has 8 heteroatoms. The smallest absolute Gasteiger partial charge is 0.259 e. The fourth-order valence-corrected chi connectivity index (χ4v) is 5.19. The Kier molecular flexibility index (Phi) is 6.34. The minimum absolute atomic E-state index is 0.272. The summed E-state index contributed by atoms with van der Waals surface area (Å²) >= 11 is 2.00. The Balaban J connectivity index is 1.43. The molecule has 0 saturated carbocycles. The second-order valence-electron chi connectivity index (χ2n) is 8.50. The van der Waals surface area contributed by atoms with Gasteiger partial charge in [0, 0.05) is 42.4 Å². The van der Waals surface area contributed by atoms with E-state index < -0.39 is 0 Å². The molecular weight excluding hydrogens is 451 g/mol. The average Bonchev–Trinajstić information content (AvgIpc) is 3.22. The van der Waals surface area contributed by atoms with Crippen molar-refractivity contribution in [2.75, 3.05) is 29.9 Å². The number of carbonyl (C=O) groups excluding carboxylic acids is 1. The van der Waals surface area contributed by atoms with Crippen LogP contribution in [0.2, 0.25) is 0 Å². The van der Waals surface area contributed by atoms with Gasteiger partial charge in [0.05, 0.1) is 22.3 Å². The molecule has 0 atom stereocenters. The van der Waals surface area contributed by atoms with Gasteiger partial charge < -0.3 is 9.84 Å². The molecule has 0 aliphatic carbocycles. The zero-order valence-corrected chi connectivity index (χ0v) is 19.9. The number of hydrogen-bond donors (Lipinski definition) is 1. The minimum Gasteiger partial charge on any atom is -0.335 e. The van der Waals surface area contributed by atoms with Crippen molar-refractivity contribution in [1.29, 1.82) is 0 Å². The number of aromatic nitrogens is 2. The van der Waals surface area contributed by atoms with Crippen LogP contribution in [0.1, 0.15) is 27.2 Å². The van der Waals surface area contributed by atoms with E-state index in [1.54, 1.807) is 25.1 Å². The number of rotatable bonds is 5. The molecule has 3 heterocycles. The summed E-state index contributed by atoms with van der Waals surface area (Å²) in [6.07, 6.45) is 0. The van der Waals surface area contributed by atoms with E-state index in [-0.39, 0.29) is 17.4 Å². The Hall–Kier alpha value is -3.23. The van der Waals surface area contributed by atoms with Gasteiger partial charge in [-0.1, -0.05) is 17.3 Å². The summed E-state index contributed by atoms with van der Waals surface area (Å²) in [4.78, 5) is 20.3. The Labute approximate surface area is 201 Å². The van der Waals surface area contributed by atoms with Crippen molar-refractivity contribution in [2.24, 2.45) is 0 Å². The van der Waals surface area contributed by atoms with Crippen LogP contribution in [0.5, 0.6) is 0 Å². The molecule has 174 valence electrons. The molecule has 0 radical (unpaired) electrons. The number of amides is 1. The van der Waals surface area contributed by atoms with Gasteiger partial charge in [-0.2, -0.15) is 11.8 Å². The molecule has 1 aliphatic heterocycles. The van der Waals surface area contributed by atoms with Gasteiger partial charge in [0.15, 0.2) is 0 Å². The van der Waals surface area contributed by atoms with Gasteiger partial charge in [-0.15, -0.1) is 0 Å². The number of nitrogens with one attached hydrogen (secondary N) is 1. The van der Waals surface area contributed by atoms with Crippen LogP contribution in [0, 0.1) is 19.7 Å². The molecule has 2 aromatic heterocycles. The lowest BCUT2D eigenvalue weighted by Crippen LogP contribution is -2.31. The van der Waals surface area contributed by atoms with Gasteiger partial charge in [-0.25, -0.2) is 9.37 Å². The summed E-state index contributed by atoms with van der Waals surface area (Å²) in [6.45, 7) is 6.91. The number of pyridine rings is 1. The summed E-state index contributed by atoms with van der Waals surface area (Å²) in [5.74, 6) is 1.74. The predicted molar refractivity (Wildman–Crippen MR) is 134 cm³/mol. The molecule has 2 aromatic carbocycles. The third-order valence-electron chi connectivity index (χ3n) is 6.05. The highest BCUT2D eigenvalue weighted by Crippen LogP contribution is 2.28. The van der Waals surface area contributed by atoms with E-state index in [0.717, 1.165) is 30.9 Å². The van der Waals surface area contributed by atoms with Crippen LogP contribution in [0.3, 0.4) is 0 Å². The molecular formula is C26H25FN4O2S. The Morgan fingerprint density at radius 1 is 1.12 bits per heavy atom. The summed E-state index contributed by atoms with van der Waals surface area (Å²) in [5.41, 5.74) is 5.47. The van der Waals surface area contributed by atoms with Crippen LogP contribution in [-0.2, 0) is 6.54 Å². The Morgan fingerprint density at radius 2 is 1.88 bits per heavy atom. The minimum atomic E-state index is -0.337. The van der Waals surface area contributed by atoms with Gasteiger partial charge in [0.25, 0.3) is 11.6 Å². The van der Waals surface area contributed by atoms with Crippen molar-refractivity contribution in [3.63, 3.8) is 0 Å². The van der Waals surface area contributed by atoms with Crippen LogP contribution in [0.25, 0.3) is 22.4 Å². The largest absolute Gasteiger partial charge is 0.335 e. The van der Waals surface area contributed by atoms with Gasteiger partial charge in [-0.3, -0.25) is 9.69 Å². The lowest BCUT2D eigenvalue weighted by Gasteiger charge is -2.26. The van der Waals surface area contributed by atoms with E-state index in [9.17, 15) is 9.18 Å². The second kappa shape index (κ2) is 9.56. The lowest BCUT2D eigenvalue weighted by molar-refractivity contribution is 0.102. The van der Waals surface area contributed by atoms with Crippen LogP contribution in [-0.4, -0.2) is 45.5 Å². The van der Waals surface area contributed by atoms with Gasteiger partial charge in [0.2, 0.25) is 0 Å². The molecule has 1 amide bonds. The van der Waals surface area contributed by atoms with Crippen molar-refractivity contribution < 1.29 is 13.7 Å². The average molecular weight is 477 g/mol. The third kappa shape index (κ3) is 4.69. The molecule has 0 unspecified atom stereocenters. The van der Waals surface area contributed by atoms with E-state index in [1.165, 1.54) is 29.2 Å². The van der Waals surface area contributed by atoms with E-state index in [4.69, 9.17) is 4.52 Å². The number of nitrogens with zero attached hydrogens (tertiary/aromatic N) is 3. The maximum atomic E-state index is 13.4. The first-order valence-electron chi connectivity index (χ1n) is 11.2. The third-order valence-corrected chi connectivity index (χ3v) is 6.99. The predicted octanol–water partition coefficient (Wildman–Crippen LogP) is 5.45. The molecule has 1 aliphatic rings. The van der Waals surface area contributed by atoms with E-state index in [1.807, 2.05) is 24.8 Å². The normalized spacial score (nSPS) is 14.4. The number of aryl methyl sites for hydroxylation is 2. The fourth-order valence-electron chi connectivity index (χ4n) is 4.21. The van der Waals surface area contributed by atoms with Crippen molar-refractivity contribution >= 4 is 34.5 Å². The highest BCUT2D eigenvalue weighted by Gasteiger charge is 2.20. The maximum Gasteiger partial charge on any atom is 0.259 e. The number of benzene rings is 2. The summed E-state index contributed by atoms with van der Waals surface area (Å²) in [5, 5.41) is 7.61. The monoisotopic (exact) mass is 476 g/mol. The Morgan fingerprint density at radius 3 is 2.62 bits per heavy atom.